The third-order valence-corrected chi connectivity index (χ3v) is 3.62. The third kappa shape index (κ3) is 4.51. The van der Waals surface area contributed by atoms with Crippen molar-refractivity contribution in [3.8, 4) is 0 Å². The van der Waals surface area contributed by atoms with E-state index in [1.54, 1.807) is 0 Å². The number of rotatable bonds is 4. The fourth-order valence-corrected chi connectivity index (χ4v) is 2.48. The largest absolute Gasteiger partial charge is 0.352 e. The Morgan fingerprint density at radius 1 is 1.37 bits per heavy atom. The summed E-state index contributed by atoms with van der Waals surface area (Å²) in [6.45, 7) is 4.66. The summed E-state index contributed by atoms with van der Waals surface area (Å²) in [5.74, 6) is 0.334. The van der Waals surface area contributed by atoms with E-state index in [-0.39, 0.29) is 24.2 Å². The molecule has 0 radical (unpaired) electrons. The van der Waals surface area contributed by atoms with Crippen LogP contribution in [-0.2, 0) is 17.8 Å². The number of amides is 1. The van der Waals surface area contributed by atoms with Crippen LogP contribution in [0.15, 0.2) is 24.3 Å². The Morgan fingerprint density at radius 2 is 2.11 bits per heavy atom. The van der Waals surface area contributed by atoms with E-state index >= 15 is 0 Å². The summed E-state index contributed by atoms with van der Waals surface area (Å²) in [4.78, 5) is 12.0. The summed E-state index contributed by atoms with van der Waals surface area (Å²) in [6.07, 6.45) is 3.12. The maximum absolute atomic E-state index is 12.0. The van der Waals surface area contributed by atoms with E-state index in [1.165, 1.54) is 11.1 Å². The summed E-state index contributed by atoms with van der Waals surface area (Å²) in [5, 5.41) is 6.34. The van der Waals surface area contributed by atoms with E-state index < -0.39 is 0 Å². The van der Waals surface area contributed by atoms with Gasteiger partial charge in [0, 0.05) is 13.1 Å². The van der Waals surface area contributed by atoms with Crippen molar-refractivity contribution in [2.24, 2.45) is 5.92 Å². The average Bonchev–Trinajstić information content (AvgIpc) is 2.46. The van der Waals surface area contributed by atoms with Crippen molar-refractivity contribution in [3.05, 3.63) is 35.4 Å². The minimum atomic E-state index is 0. The molecule has 0 bridgehead atoms. The lowest BCUT2D eigenvalue weighted by molar-refractivity contribution is -0.125. The van der Waals surface area contributed by atoms with Crippen molar-refractivity contribution in [3.63, 3.8) is 0 Å². The van der Waals surface area contributed by atoms with Crippen molar-refractivity contribution in [1.29, 1.82) is 0 Å². The van der Waals surface area contributed by atoms with Crippen LogP contribution in [0.2, 0.25) is 0 Å². The summed E-state index contributed by atoms with van der Waals surface area (Å²) < 4.78 is 0. The molecule has 1 aromatic carbocycles. The Labute approximate surface area is 121 Å². The van der Waals surface area contributed by atoms with Gasteiger partial charge >= 0.3 is 0 Å². The molecule has 1 saturated heterocycles. The van der Waals surface area contributed by atoms with Gasteiger partial charge in [0.05, 0.1) is 5.92 Å². The lowest BCUT2D eigenvalue weighted by atomic mass is 9.98. The normalized spacial score (nSPS) is 18.5. The lowest BCUT2D eigenvalue weighted by Crippen LogP contribution is -2.40. The van der Waals surface area contributed by atoms with Crippen LogP contribution in [0.25, 0.3) is 0 Å². The molecule has 0 saturated carbocycles. The molecule has 1 fully saturated rings. The van der Waals surface area contributed by atoms with Gasteiger partial charge in [-0.3, -0.25) is 4.79 Å². The van der Waals surface area contributed by atoms with Crippen LogP contribution in [0.5, 0.6) is 0 Å². The maximum Gasteiger partial charge on any atom is 0.224 e. The summed E-state index contributed by atoms with van der Waals surface area (Å²) in [6, 6.07) is 8.31. The molecule has 1 aromatic rings. The Kier molecular flexibility index (Phi) is 6.89. The molecule has 0 unspecified atom stereocenters. The number of nitrogens with one attached hydrogen (secondary N) is 2. The number of carbonyl (C=O) groups excluding carboxylic acids is 1. The van der Waals surface area contributed by atoms with Gasteiger partial charge in [-0.2, -0.15) is 0 Å². The van der Waals surface area contributed by atoms with Crippen LogP contribution in [0.3, 0.4) is 0 Å². The fraction of sp³-hybridized carbons (Fsp3) is 0.533. The standard InChI is InChI=1S/C15H22N2O.ClH/c1-2-12-6-3-4-7-13(12)11-17-15(18)14-8-5-9-16-10-14;/h3-4,6-7,14,16H,2,5,8-11H2,1H3,(H,17,18);1H/t14-;/m1./s1. The Morgan fingerprint density at radius 3 is 2.74 bits per heavy atom. The molecule has 106 valence electrons. The predicted molar refractivity (Wildman–Crippen MR) is 80.5 cm³/mol. The van der Waals surface area contributed by atoms with E-state index in [9.17, 15) is 4.79 Å². The SMILES string of the molecule is CCc1ccccc1CNC(=O)[C@@H]1CCCNC1.Cl. The zero-order valence-electron chi connectivity index (χ0n) is 11.4. The molecule has 1 amide bonds. The second kappa shape index (κ2) is 8.18. The van der Waals surface area contributed by atoms with Gasteiger partial charge in [-0.1, -0.05) is 31.2 Å². The Bertz CT molecular complexity index is 403. The summed E-state index contributed by atoms with van der Waals surface area (Å²) >= 11 is 0. The molecule has 4 heteroatoms. The van der Waals surface area contributed by atoms with Gasteiger partial charge in [-0.25, -0.2) is 0 Å². The highest BCUT2D eigenvalue weighted by atomic mass is 35.5. The second-order valence-corrected chi connectivity index (χ2v) is 4.88. The number of hydrogen-bond donors (Lipinski definition) is 2. The van der Waals surface area contributed by atoms with Gasteiger partial charge in [-0.15, -0.1) is 12.4 Å². The maximum atomic E-state index is 12.0. The molecular weight excluding hydrogens is 260 g/mol. The van der Waals surface area contributed by atoms with Crippen LogP contribution in [0.1, 0.15) is 30.9 Å². The summed E-state index contributed by atoms with van der Waals surface area (Å²) in [7, 11) is 0. The number of hydrogen-bond acceptors (Lipinski definition) is 2. The van der Waals surface area contributed by atoms with Crippen LogP contribution in [0, 0.1) is 5.92 Å². The molecule has 2 N–H and O–H groups in total. The van der Waals surface area contributed by atoms with Crippen molar-refractivity contribution < 1.29 is 4.79 Å². The molecule has 19 heavy (non-hydrogen) atoms. The smallest absolute Gasteiger partial charge is 0.224 e. The highest BCUT2D eigenvalue weighted by Crippen LogP contribution is 2.12. The highest BCUT2D eigenvalue weighted by Gasteiger charge is 2.20. The molecule has 1 atom stereocenters. The molecule has 2 rings (SSSR count). The van der Waals surface area contributed by atoms with Gasteiger partial charge in [0.1, 0.15) is 0 Å². The Balaban J connectivity index is 0.00000180. The molecule has 3 nitrogen and oxygen atoms in total. The zero-order chi connectivity index (χ0) is 12.8. The first kappa shape index (κ1) is 16.0. The molecule has 1 aliphatic heterocycles. The van der Waals surface area contributed by atoms with E-state index in [0.29, 0.717) is 6.54 Å². The molecule has 1 aliphatic rings. The van der Waals surface area contributed by atoms with Crippen molar-refractivity contribution in [2.45, 2.75) is 32.7 Å². The second-order valence-electron chi connectivity index (χ2n) is 4.88. The highest BCUT2D eigenvalue weighted by molar-refractivity contribution is 5.85. The first-order valence-electron chi connectivity index (χ1n) is 6.86. The Hall–Kier alpha value is -1.06. The number of aryl methyl sites for hydroxylation is 1. The van der Waals surface area contributed by atoms with Crippen LogP contribution >= 0.6 is 12.4 Å². The molecule has 1 heterocycles. The lowest BCUT2D eigenvalue weighted by Gasteiger charge is -2.22. The molecule has 0 aliphatic carbocycles. The number of benzene rings is 1. The van der Waals surface area contributed by atoms with Crippen molar-refractivity contribution in [2.75, 3.05) is 13.1 Å². The van der Waals surface area contributed by atoms with E-state index in [1.807, 2.05) is 6.07 Å². The van der Waals surface area contributed by atoms with Crippen LogP contribution in [-0.4, -0.2) is 19.0 Å². The summed E-state index contributed by atoms with van der Waals surface area (Å²) in [5.41, 5.74) is 2.55. The minimum Gasteiger partial charge on any atom is -0.352 e. The van der Waals surface area contributed by atoms with E-state index in [0.717, 1.165) is 32.4 Å². The minimum absolute atomic E-state index is 0. The van der Waals surface area contributed by atoms with Gasteiger partial charge in [0.25, 0.3) is 0 Å². The molecule has 0 aromatic heterocycles. The number of carbonyl (C=O) groups is 1. The van der Waals surface area contributed by atoms with Crippen molar-refractivity contribution in [1.82, 2.24) is 10.6 Å². The fourth-order valence-electron chi connectivity index (χ4n) is 2.48. The van der Waals surface area contributed by atoms with Crippen LogP contribution < -0.4 is 10.6 Å². The van der Waals surface area contributed by atoms with Gasteiger partial charge < -0.3 is 10.6 Å². The topological polar surface area (TPSA) is 41.1 Å². The monoisotopic (exact) mass is 282 g/mol. The van der Waals surface area contributed by atoms with E-state index in [2.05, 4.69) is 35.8 Å². The predicted octanol–water partition coefficient (Wildman–Crippen LogP) is 2.29. The van der Waals surface area contributed by atoms with Crippen LogP contribution in [0.4, 0.5) is 0 Å². The quantitative estimate of drug-likeness (QED) is 0.890. The molecular formula is C15H23ClN2O. The zero-order valence-corrected chi connectivity index (χ0v) is 12.3. The van der Waals surface area contributed by atoms with Crippen molar-refractivity contribution >= 4 is 18.3 Å². The number of piperidine rings is 1. The number of halogens is 1. The van der Waals surface area contributed by atoms with Gasteiger partial charge in [0.2, 0.25) is 5.91 Å². The first-order valence-corrected chi connectivity index (χ1v) is 6.86. The first-order chi connectivity index (χ1) is 8.81. The average molecular weight is 283 g/mol. The van der Waals surface area contributed by atoms with Gasteiger partial charge in [0.15, 0.2) is 0 Å². The third-order valence-electron chi connectivity index (χ3n) is 3.62. The van der Waals surface area contributed by atoms with E-state index in [4.69, 9.17) is 0 Å². The molecule has 0 spiro atoms. The van der Waals surface area contributed by atoms with Gasteiger partial charge in [-0.05, 0) is 36.9 Å².